The number of hydrogen-bond donors (Lipinski definition) is 1. The van der Waals surface area contributed by atoms with Crippen LogP contribution in [-0.2, 0) is 5.60 Å². The van der Waals surface area contributed by atoms with Crippen LogP contribution in [0.4, 0.5) is 4.39 Å². The highest BCUT2D eigenvalue weighted by Crippen LogP contribution is 2.47. The number of halogens is 1. The summed E-state index contributed by atoms with van der Waals surface area (Å²) in [6, 6.07) is 13.5. The van der Waals surface area contributed by atoms with E-state index in [-0.39, 0.29) is 12.0 Å². The van der Waals surface area contributed by atoms with Crippen molar-refractivity contribution in [2.75, 3.05) is 0 Å². The molecule has 1 unspecified atom stereocenters. The van der Waals surface area contributed by atoms with Crippen molar-refractivity contribution in [1.29, 1.82) is 5.26 Å². The Morgan fingerprint density at radius 1 is 1.03 bits per heavy atom. The van der Waals surface area contributed by atoms with Crippen molar-refractivity contribution >= 4 is 0 Å². The molecule has 2 aromatic carbocycles. The summed E-state index contributed by atoms with van der Waals surface area (Å²) < 4.78 is 16.5. The lowest BCUT2D eigenvalue weighted by molar-refractivity contribution is 0.0792. The molecular weight excluding hydrogens is 381 g/mol. The van der Waals surface area contributed by atoms with Crippen molar-refractivity contribution < 1.29 is 9.50 Å². The maximum atomic E-state index is 14.7. The number of nitriles is 1. The topological polar surface area (TPSA) is 87.6 Å². The van der Waals surface area contributed by atoms with Crippen molar-refractivity contribution in [3.05, 3.63) is 102 Å². The van der Waals surface area contributed by atoms with E-state index < -0.39 is 17.5 Å². The average molecular weight is 397 g/mol. The number of rotatable bonds is 3. The van der Waals surface area contributed by atoms with Crippen LogP contribution >= 0.6 is 0 Å². The third-order valence-corrected chi connectivity index (χ3v) is 5.66. The van der Waals surface area contributed by atoms with Gasteiger partial charge in [-0.1, -0.05) is 30.3 Å². The van der Waals surface area contributed by atoms with Crippen LogP contribution in [0.2, 0.25) is 0 Å². The fourth-order valence-corrected chi connectivity index (χ4v) is 4.14. The number of nitrogens with zero attached hydrogens (tertiary/aromatic N) is 5. The van der Waals surface area contributed by atoms with Gasteiger partial charge in [-0.25, -0.2) is 19.3 Å². The highest BCUT2D eigenvalue weighted by Gasteiger charge is 2.45. The molecule has 0 saturated carbocycles. The molecule has 2 aromatic heterocycles. The van der Waals surface area contributed by atoms with Crippen LogP contribution in [0.3, 0.4) is 0 Å². The summed E-state index contributed by atoms with van der Waals surface area (Å²) in [7, 11) is 0. The molecule has 0 fully saturated rings. The van der Waals surface area contributed by atoms with E-state index in [1.165, 1.54) is 12.4 Å². The molecular formula is C23H16FN5O. The third kappa shape index (κ3) is 2.78. The third-order valence-electron chi connectivity index (χ3n) is 5.66. The first-order valence-electron chi connectivity index (χ1n) is 9.40. The van der Waals surface area contributed by atoms with E-state index >= 15 is 0 Å². The monoisotopic (exact) mass is 397 g/mol. The summed E-state index contributed by atoms with van der Waals surface area (Å²) in [6.45, 7) is 0. The van der Waals surface area contributed by atoms with Crippen LogP contribution in [0, 0.1) is 17.1 Å². The Bertz CT molecular complexity index is 1260. The molecule has 146 valence electrons. The maximum Gasteiger partial charge on any atom is 0.133 e. The predicted octanol–water partition coefficient (Wildman–Crippen LogP) is 3.58. The number of hydrogen-bond acceptors (Lipinski definition) is 5. The quantitative estimate of drug-likeness (QED) is 0.571. The molecule has 0 bridgehead atoms. The summed E-state index contributed by atoms with van der Waals surface area (Å²) in [4.78, 5) is 12.2. The van der Waals surface area contributed by atoms with E-state index in [1.807, 2.05) is 30.3 Å². The first-order valence-corrected chi connectivity index (χ1v) is 9.40. The van der Waals surface area contributed by atoms with Crippen molar-refractivity contribution in [3.63, 3.8) is 0 Å². The van der Waals surface area contributed by atoms with Gasteiger partial charge in [0.2, 0.25) is 0 Å². The van der Waals surface area contributed by atoms with Crippen LogP contribution < -0.4 is 0 Å². The minimum Gasteiger partial charge on any atom is -0.379 e. The van der Waals surface area contributed by atoms with Gasteiger partial charge >= 0.3 is 0 Å². The van der Waals surface area contributed by atoms with Gasteiger partial charge in [0.1, 0.15) is 17.7 Å². The molecule has 3 heterocycles. The second-order valence-corrected chi connectivity index (χ2v) is 7.32. The Morgan fingerprint density at radius 3 is 2.50 bits per heavy atom. The number of aromatic nitrogens is 4. The molecule has 7 heteroatoms. The maximum absolute atomic E-state index is 14.7. The van der Waals surface area contributed by atoms with Crippen LogP contribution in [0.1, 0.15) is 34.8 Å². The number of fused-ring (bicyclic) bond motifs is 1. The molecule has 0 amide bonds. The second kappa shape index (κ2) is 6.87. The Labute approximate surface area is 171 Å². The molecule has 1 N–H and O–H groups in total. The molecule has 1 aliphatic heterocycles. The largest absolute Gasteiger partial charge is 0.379 e. The van der Waals surface area contributed by atoms with Crippen molar-refractivity contribution in [2.45, 2.75) is 18.1 Å². The van der Waals surface area contributed by atoms with Crippen LogP contribution in [0.5, 0.6) is 0 Å². The Hall–Kier alpha value is -3.89. The number of aliphatic hydroxyl groups is 1. The summed E-state index contributed by atoms with van der Waals surface area (Å²) in [6.07, 6.45) is 8.41. The molecule has 0 radical (unpaired) electrons. The molecule has 5 rings (SSSR count). The summed E-state index contributed by atoms with van der Waals surface area (Å²) in [5.41, 5.74) is 2.48. The lowest BCUT2D eigenvalue weighted by atomic mass is 9.86. The van der Waals surface area contributed by atoms with Gasteiger partial charge in [-0.3, -0.25) is 0 Å². The van der Waals surface area contributed by atoms with Gasteiger partial charge in [-0.05, 0) is 23.3 Å². The van der Waals surface area contributed by atoms with Crippen LogP contribution in [-0.4, -0.2) is 24.6 Å². The van der Waals surface area contributed by atoms with Crippen molar-refractivity contribution in [2.24, 2.45) is 0 Å². The molecule has 2 atom stereocenters. The first kappa shape index (κ1) is 18.2. The highest BCUT2D eigenvalue weighted by molar-refractivity contribution is 5.62. The molecule has 4 aromatic rings. The summed E-state index contributed by atoms with van der Waals surface area (Å²) in [5.74, 6) is -0.470. The number of benzene rings is 2. The summed E-state index contributed by atoms with van der Waals surface area (Å²) in [5, 5.41) is 20.6. The molecule has 0 aliphatic carbocycles. The zero-order valence-electron chi connectivity index (χ0n) is 15.8. The van der Waals surface area contributed by atoms with E-state index in [4.69, 9.17) is 5.26 Å². The first-order chi connectivity index (χ1) is 14.6. The zero-order valence-corrected chi connectivity index (χ0v) is 15.8. The smallest absolute Gasteiger partial charge is 0.133 e. The number of imidazole rings is 1. The van der Waals surface area contributed by atoms with E-state index in [2.05, 4.69) is 15.0 Å². The van der Waals surface area contributed by atoms with Gasteiger partial charge in [-0.2, -0.15) is 5.26 Å². The van der Waals surface area contributed by atoms with Crippen LogP contribution in [0.25, 0.3) is 11.1 Å². The SMILES string of the molecule is N#Cc1ccc([C@H]2CC(O)(c3ccc(-c4cncnc4)cc3)c3cncn32)c(F)c1. The van der Waals surface area contributed by atoms with Gasteiger partial charge in [0, 0.05) is 29.9 Å². The van der Waals surface area contributed by atoms with Gasteiger partial charge in [-0.15, -0.1) is 0 Å². The zero-order chi connectivity index (χ0) is 20.7. The van der Waals surface area contributed by atoms with Gasteiger partial charge in [0.15, 0.2) is 0 Å². The van der Waals surface area contributed by atoms with E-state index in [0.717, 1.165) is 11.1 Å². The normalized spacial score (nSPS) is 20.0. The molecule has 0 saturated heterocycles. The standard InChI is InChI=1S/C23H16FN5O/c24-20-7-15(9-25)1-6-19(20)21-8-23(30,22-12-28-14-29(21)22)18-4-2-16(3-5-18)17-10-26-13-27-11-17/h1-7,10-14,21,30H,8H2/t21-,23?/m1/s1. The van der Waals surface area contributed by atoms with Crippen LogP contribution in [0.15, 0.2) is 73.7 Å². The Balaban J connectivity index is 1.53. The average Bonchev–Trinajstić information content (AvgIpc) is 3.38. The highest BCUT2D eigenvalue weighted by atomic mass is 19.1. The van der Waals surface area contributed by atoms with Gasteiger partial charge in [0.05, 0.1) is 35.9 Å². The fraction of sp³-hybridized carbons (Fsp3) is 0.130. The minimum atomic E-state index is -1.31. The fourth-order valence-electron chi connectivity index (χ4n) is 4.14. The Morgan fingerprint density at radius 2 is 1.80 bits per heavy atom. The van der Waals surface area contributed by atoms with E-state index in [0.29, 0.717) is 16.8 Å². The summed E-state index contributed by atoms with van der Waals surface area (Å²) >= 11 is 0. The Kier molecular flexibility index (Phi) is 4.16. The molecule has 0 spiro atoms. The van der Waals surface area contributed by atoms with Gasteiger partial charge < -0.3 is 9.67 Å². The molecule has 30 heavy (non-hydrogen) atoms. The molecule has 6 nitrogen and oxygen atoms in total. The van der Waals surface area contributed by atoms with E-state index in [9.17, 15) is 9.50 Å². The minimum absolute atomic E-state index is 0.260. The predicted molar refractivity (Wildman–Crippen MR) is 107 cm³/mol. The van der Waals surface area contributed by atoms with Crippen molar-refractivity contribution in [1.82, 2.24) is 19.5 Å². The van der Waals surface area contributed by atoms with Crippen molar-refractivity contribution in [3.8, 4) is 17.2 Å². The second-order valence-electron chi connectivity index (χ2n) is 7.32. The lowest BCUT2D eigenvalue weighted by Crippen LogP contribution is -2.24. The molecule has 1 aliphatic rings. The lowest BCUT2D eigenvalue weighted by Gasteiger charge is -2.23. The van der Waals surface area contributed by atoms with E-state index in [1.54, 1.807) is 41.6 Å². The van der Waals surface area contributed by atoms with Gasteiger partial charge in [0.25, 0.3) is 0 Å².